The number of halogens is 3. The minimum absolute atomic E-state index is 0.499. The number of hydrogen-bond acceptors (Lipinski definition) is 2. The molecule has 2 nitrogen and oxygen atoms in total. The third-order valence-electron chi connectivity index (χ3n) is 2.74. The molecular formula is C14H13BrCl2N2S. The summed E-state index contributed by atoms with van der Waals surface area (Å²) in [5, 5.41) is 1.02. The van der Waals surface area contributed by atoms with E-state index >= 15 is 0 Å². The van der Waals surface area contributed by atoms with Crippen LogP contribution < -0.4 is 0 Å². The Kier molecular flexibility index (Phi) is 5.24. The Hall–Kier alpha value is -0.420. The van der Waals surface area contributed by atoms with Crippen molar-refractivity contribution in [3.05, 3.63) is 43.1 Å². The highest BCUT2D eigenvalue weighted by Gasteiger charge is 2.10. The highest BCUT2D eigenvalue weighted by Crippen LogP contribution is 2.28. The number of nitrogens with one attached hydrogen (secondary N) is 1. The molecule has 1 N–H and O–H groups in total. The predicted octanol–water partition coefficient (Wildman–Crippen LogP) is 6.07. The van der Waals surface area contributed by atoms with Gasteiger partial charge in [-0.3, -0.25) is 0 Å². The molecule has 1 aromatic heterocycles. The second kappa shape index (κ2) is 6.56. The van der Waals surface area contributed by atoms with Crippen LogP contribution in [0.25, 0.3) is 11.4 Å². The normalized spacial score (nSPS) is 11.1. The van der Waals surface area contributed by atoms with E-state index in [1.165, 1.54) is 0 Å². The Morgan fingerprint density at radius 2 is 2.00 bits per heavy atom. The lowest BCUT2D eigenvalue weighted by atomic mass is 10.1. The molecule has 1 heterocycles. The van der Waals surface area contributed by atoms with E-state index in [1.807, 2.05) is 6.07 Å². The van der Waals surface area contributed by atoms with E-state index in [0.717, 1.165) is 22.2 Å². The van der Waals surface area contributed by atoms with Gasteiger partial charge >= 0.3 is 0 Å². The monoisotopic (exact) mass is 390 g/mol. The summed E-state index contributed by atoms with van der Waals surface area (Å²) in [6, 6.07) is 5.40. The Morgan fingerprint density at radius 3 is 2.60 bits per heavy atom. The number of rotatable bonds is 3. The van der Waals surface area contributed by atoms with E-state index in [9.17, 15) is 0 Å². The summed E-state index contributed by atoms with van der Waals surface area (Å²) in [6.45, 7) is 4.31. The van der Waals surface area contributed by atoms with Gasteiger partial charge in [-0.1, -0.05) is 49.3 Å². The largest absolute Gasteiger partial charge is 0.342 e. The van der Waals surface area contributed by atoms with Crippen LogP contribution in [0.1, 0.15) is 19.5 Å². The maximum absolute atomic E-state index is 6.05. The van der Waals surface area contributed by atoms with Gasteiger partial charge in [-0.25, -0.2) is 4.98 Å². The lowest BCUT2D eigenvalue weighted by molar-refractivity contribution is 0.632. The molecule has 106 valence electrons. The van der Waals surface area contributed by atoms with Crippen LogP contribution >= 0.6 is 51.3 Å². The Labute approximate surface area is 141 Å². The summed E-state index contributed by atoms with van der Waals surface area (Å²) in [5.74, 6) is 1.22. The third-order valence-corrected chi connectivity index (χ3v) is 4.89. The molecule has 0 unspecified atom stereocenters. The SMILES string of the molecule is CC(C)Cc1[nH]c(-c2ccc(Cl)c(Cl)c2)nc(=S)c1Br. The van der Waals surface area contributed by atoms with Crippen molar-refractivity contribution in [2.45, 2.75) is 20.3 Å². The minimum atomic E-state index is 0.499. The second-order valence-corrected chi connectivity index (χ2v) is 6.90. The minimum Gasteiger partial charge on any atom is -0.342 e. The lowest BCUT2D eigenvalue weighted by Crippen LogP contribution is -2.02. The van der Waals surface area contributed by atoms with Gasteiger partial charge in [-0.2, -0.15) is 0 Å². The summed E-state index contributed by atoms with van der Waals surface area (Å²) in [6.07, 6.45) is 0.890. The van der Waals surface area contributed by atoms with Crippen LogP contribution in [-0.2, 0) is 6.42 Å². The summed E-state index contributed by atoms with van der Waals surface area (Å²) in [7, 11) is 0. The highest BCUT2D eigenvalue weighted by molar-refractivity contribution is 9.10. The van der Waals surface area contributed by atoms with Crippen molar-refractivity contribution in [1.29, 1.82) is 0 Å². The van der Waals surface area contributed by atoms with Crippen LogP contribution in [0.15, 0.2) is 22.7 Å². The smallest absolute Gasteiger partial charge is 0.144 e. The molecule has 1 aromatic carbocycles. The molecule has 0 amide bonds. The van der Waals surface area contributed by atoms with Crippen molar-refractivity contribution in [2.24, 2.45) is 5.92 Å². The molecule has 0 aliphatic carbocycles. The summed E-state index contributed by atoms with van der Waals surface area (Å²) in [4.78, 5) is 7.71. The molecule has 0 aliphatic rings. The van der Waals surface area contributed by atoms with Crippen LogP contribution in [0.2, 0.25) is 10.0 Å². The van der Waals surface area contributed by atoms with E-state index < -0.39 is 0 Å². The standard InChI is InChI=1S/C14H13BrCl2N2S/c1-7(2)5-11-12(15)14(20)19-13(18-11)8-3-4-9(16)10(17)6-8/h3-4,6-7H,5H2,1-2H3,(H,18,19,20). The first-order valence-corrected chi connectivity index (χ1v) is 8.08. The van der Waals surface area contributed by atoms with Crippen LogP contribution in [0, 0.1) is 10.6 Å². The number of benzene rings is 1. The van der Waals surface area contributed by atoms with Crippen LogP contribution in [-0.4, -0.2) is 9.97 Å². The molecule has 0 saturated heterocycles. The van der Waals surface area contributed by atoms with Crippen molar-refractivity contribution < 1.29 is 0 Å². The van der Waals surface area contributed by atoms with E-state index in [2.05, 4.69) is 39.7 Å². The fourth-order valence-electron chi connectivity index (χ4n) is 1.83. The van der Waals surface area contributed by atoms with Gasteiger partial charge < -0.3 is 4.98 Å². The number of aromatic nitrogens is 2. The van der Waals surface area contributed by atoms with Crippen LogP contribution in [0.5, 0.6) is 0 Å². The lowest BCUT2D eigenvalue weighted by Gasteiger charge is -2.11. The van der Waals surface area contributed by atoms with E-state index in [0.29, 0.717) is 26.4 Å². The van der Waals surface area contributed by atoms with Crippen molar-refractivity contribution in [3.63, 3.8) is 0 Å². The zero-order valence-corrected chi connectivity index (χ0v) is 14.9. The van der Waals surface area contributed by atoms with Crippen LogP contribution in [0.3, 0.4) is 0 Å². The predicted molar refractivity (Wildman–Crippen MR) is 91.1 cm³/mol. The van der Waals surface area contributed by atoms with Crippen molar-refractivity contribution >= 4 is 51.3 Å². The third kappa shape index (κ3) is 3.61. The van der Waals surface area contributed by atoms with Crippen molar-refractivity contribution in [2.75, 3.05) is 0 Å². The Bertz CT molecular complexity index is 698. The molecule has 0 bridgehead atoms. The fraction of sp³-hybridized carbons (Fsp3) is 0.286. The molecular weight excluding hydrogens is 379 g/mol. The molecule has 20 heavy (non-hydrogen) atoms. The van der Waals surface area contributed by atoms with Gasteiger partial charge in [0.15, 0.2) is 0 Å². The summed E-state index contributed by atoms with van der Waals surface area (Å²) < 4.78 is 1.39. The topological polar surface area (TPSA) is 28.7 Å². The first kappa shape index (κ1) is 16.0. The maximum Gasteiger partial charge on any atom is 0.144 e. The van der Waals surface area contributed by atoms with E-state index in [-0.39, 0.29) is 0 Å². The number of hydrogen-bond donors (Lipinski definition) is 1. The molecule has 2 aromatic rings. The second-order valence-electron chi connectivity index (χ2n) is 4.91. The van der Waals surface area contributed by atoms with Crippen LogP contribution in [0.4, 0.5) is 0 Å². The molecule has 6 heteroatoms. The average Bonchev–Trinajstić information content (AvgIpc) is 2.37. The highest BCUT2D eigenvalue weighted by atomic mass is 79.9. The van der Waals surface area contributed by atoms with Gasteiger partial charge in [0.05, 0.1) is 14.5 Å². The average molecular weight is 392 g/mol. The molecule has 2 rings (SSSR count). The molecule has 0 fully saturated rings. The Balaban J connectivity index is 2.54. The van der Waals surface area contributed by atoms with Crippen molar-refractivity contribution in [1.82, 2.24) is 9.97 Å². The zero-order chi connectivity index (χ0) is 14.9. The van der Waals surface area contributed by atoms with Gasteiger partial charge in [0.2, 0.25) is 0 Å². The number of H-pyrrole nitrogens is 1. The quantitative estimate of drug-likeness (QED) is 0.642. The summed E-state index contributed by atoms with van der Waals surface area (Å²) >= 11 is 20.8. The molecule has 0 atom stereocenters. The fourth-order valence-corrected chi connectivity index (χ4v) is 2.70. The molecule has 0 radical (unpaired) electrons. The first-order chi connectivity index (χ1) is 9.38. The number of aromatic amines is 1. The molecule has 0 saturated carbocycles. The summed E-state index contributed by atoms with van der Waals surface area (Å²) in [5.41, 5.74) is 1.91. The van der Waals surface area contributed by atoms with E-state index in [4.69, 9.17) is 35.4 Å². The number of nitrogens with zero attached hydrogens (tertiary/aromatic N) is 1. The van der Waals surface area contributed by atoms with Gasteiger partial charge in [0.25, 0.3) is 0 Å². The first-order valence-electron chi connectivity index (χ1n) is 6.12. The van der Waals surface area contributed by atoms with Crippen molar-refractivity contribution in [3.8, 4) is 11.4 Å². The van der Waals surface area contributed by atoms with E-state index in [1.54, 1.807) is 12.1 Å². The zero-order valence-electron chi connectivity index (χ0n) is 11.0. The van der Waals surface area contributed by atoms with Gasteiger partial charge in [0.1, 0.15) is 10.5 Å². The van der Waals surface area contributed by atoms with Gasteiger partial charge in [-0.15, -0.1) is 0 Å². The molecule has 0 aliphatic heterocycles. The molecule has 0 spiro atoms. The van der Waals surface area contributed by atoms with Gasteiger partial charge in [-0.05, 0) is 46.5 Å². The maximum atomic E-state index is 6.05. The van der Waals surface area contributed by atoms with Gasteiger partial charge in [0, 0.05) is 11.3 Å². The Morgan fingerprint density at radius 1 is 1.30 bits per heavy atom.